The molecule has 0 radical (unpaired) electrons. The largest absolute Gasteiger partial charge is 0.352 e. The van der Waals surface area contributed by atoms with Gasteiger partial charge in [-0.15, -0.1) is 0 Å². The first-order chi connectivity index (χ1) is 12.0. The lowest BCUT2D eigenvalue weighted by molar-refractivity contribution is 0.249. The summed E-state index contributed by atoms with van der Waals surface area (Å²) in [5, 5.41) is 2.62. The van der Waals surface area contributed by atoms with Gasteiger partial charge in [0.05, 0.1) is 11.4 Å². The van der Waals surface area contributed by atoms with Gasteiger partial charge in [-0.3, -0.25) is 4.40 Å². The van der Waals surface area contributed by atoms with Crippen LogP contribution >= 0.6 is 0 Å². The molecule has 1 aromatic carbocycles. The molecule has 0 saturated carbocycles. The van der Waals surface area contributed by atoms with Gasteiger partial charge in [0.15, 0.2) is 0 Å². The highest BCUT2D eigenvalue weighted by Crippen LogP contribution is 2.28. The van der Waals surface area contributed by atoms with E-state index in [1.165, 1.54) is 11.1 Å². The van der Waals surface area contributed by atoms with Crippen LogP contribution < -0.4 is 11.1 Å². The van der Waals surface area contributed by atoms with Crippen molar-refractivity contribution in [1.29, 1.82) is 0 Å². The Balaban J connectivity index is 1.97. The molecule has 3 aromatic rings. The van der Waals surface area contributed by atoms with E-state index in [-0.39, 0.29) is 0 Å². The summed E-state index contributed by atoms with van der Waals surface area (Å²) in [6.45, 7) is 6.89. The van der Waals surface area contributed by atoms with Crippen LogP contribution in [0, 0.1) is 13.8 Å². The number of carbonyl (C=O) groups is 1. The third-order valence-electron chi connectivity index (χ3n) is 4.39. The number of amides is 2. The number of imidazole rings is 1. The number of benzene rings is 1. The summed E-state index contributed by atoms with van der Waals surface area (Å²) < 4.78 is 2.20. The van der Waals surface area contributed by atoms with E-state index in [9.17, 15) is 4.79 Å². The van der Waals surface area contributed by atoms with Crippen molar-refractivity contribution in [3.8, 4) is 11.3 Å². The highest BCUT2D eigenvalue weighted by molar-refractivity contribution is 5.71. The fraction of sp³-hybridized carbons (Fsp3) is 0.300. The molecule has 5 heteroatoms. The molecule has 2 heterocycles. The van der Waals surface area contributed by atoms with Gasteiger partial charge in [-0.1, -0.05) is 37.3 Å². The molecular weight excluding hydrogens is 312 g/mol. The molecule has 2 aromatic heterocycles. The zero-order chi connectivity index (χ0) is 18.0. The number of aryl methyl sites for hydroxylation is 3. The quantitative estimate of drug-likeness (QED) is 0.749. The van der Waals surface area contributed by atoms with Crippen molar-refractivity contribution in [3.05, 3.63) is 58.9 Å². The number of rotatable bonds is 5. The number of primary amides is 1. The smallest absolute Gasteiger partial charge is 0.312 e. The Morgan fingerprint density at radius 1 is 1.24 bits per heavy atom. The van der Waals surface area contributed by atoms with Gasteiger partial charge < -0.3 is 11.1 Å². The third kappa shape index (κ3) is 3.50. The van der Waals surface area contributed by atoms with Gasteiger partial charge in [0.2, 0.25) is 0 Å². The van der Waals surface area contributed by atoms with Crippen molar-refractivity contribution in [2.24, 2.45) is 5.73 Å². The first-order valence-corrected chi connectivity index (χ1v) is 8.60. The van der Waals surface area contributed by atoms with Gasteiger partial charge in [-0.25, -0.2) is 9.78 Å². The van der Waals surface area contributed by atoms with Crippen LogP contribution in [0.25, 0.3) is 16.9 Å². The maximum atomic E-state index is 10.8. The lowest BCUT2D eigenvalue weighted by Crippen LogP contribution is -2.30. The van der Waals surface area contributed by atoms with Crippen molar-refractivity contribution in [1.82, 2.24) is 14.7 Å². The minimum absolute atomic E-state index is 0.485. The molecule has 0 unspecified atom stereocenters. The van der Waals surface area contributed by atoms with E-state index in [2.05, 4.69) is 67.0 Å². The normalized spacial score (nSPS) is 11.0. The number of urea groups is 1. The molecule has 2 amide bonds. The van der Waals surface area contributed by atoms with Gasteiger partial charge in [0.25, 0.3) is 0 Å². The van der Waals surface area contributed by atoms with Crippen molar-refractivity contribution >= 4 is 11.7 Å². The van der Waals surface area contributed by atoms with E-state index in [0.717, 1.165) is 41.0 Å². The molecule has 0 saturated heterocycles. The monoisotopic (exact) mass is 336 g/mol. The molecule has 5 nitrogen and oxygen atoms in total. The second-order valence-corrected chi connectivity index (χ2v) is 6.39. The van der Waals surface area contributed by atoms with Crippen LogP contribution in [0.1, 0.15) is 29.3 Å². The number of hydrogen-bond acceptors (Lipinski definition) is 2. The molecule has 25 heavy (non-hydrogen) atoms. The number of carbonyl (C=O) groups excluding carboxylic acids is 1. The van der Waals surface area contributed by atoms with E-state index in [4.69, 9.17) is 10.7 Å². The van der Waals surface area contributed by atoms with Crippen molar-refractivity contribution < 1.29 is 4.79 Å². The number of hydrogen-bond donors (Lipinski definition) is 2. The Morgan fingerprint density at radius 2 is 1.96 bits per heavy atom. The van der Waals surface area contributed by atoms with E-state index in [0.29, 0.717) is 6.54 Å². The zero-order valence-corrected chi connectivity index (χ0v) is 15.0. The van der Waals surface area contributed by atoms with Crippen LogP contribution in [-0.4, -0.2) is 22.0 Å². The first-order valence-electron chi connectivity index (χ1n) is 8.60. The molecule has 0 spiro atoms. The van der Waals surface area contributed by atoms with Crippen LogP contribution in [0.15, 0.2) is 36.5 Å². The van der Waals surface area contributed by atoms with Crippen molar-refractivity contribution in [2.75, 3.05) is 6.54 Å². The average molecular weight is 336 g/mol. The summed E-state index contributed by atoms with van der Waals surface area (Å²) in [7, 11) is 0. The van der Waals surface area contributed by atoms with Gasteiger partial charge in [0.1, 0.15) is 5.65 Å². The fourth-order valence-corrected chi connectivity index (χ4v) is 3.24. The van der Waals surface area contributed by atoms with Gasteiger partial charge >= 0.3 is 6.03 Å². The predicted octanol–water partition coefficient (Wildman–Crippen LogP) is 3.39. The Morgan fingerprint density at radius 3 is 2.60 bits per heavy atom. The van der Waals surface area contributed by atoms with Crippen LogP contribution in [0.3, 0.4) is 0 Å². The second-order valence-electron chi connectivity index (χ2n) is 6.39. The molecule has 3 N–H and O–H groups in total. The highest BCUT2D eigenvalue weighted by atomic mass is 16.2. The molecular formula is C20H24N4O. The number of nitrogens with one attached hydrogen (secondary N) is 1. The van der Waals surface area contributed by atoms with Crippen LogP contribution in [0.5, 0.6) is 0 Å². The second kappa shape index (κ2) is 6.97. The minimum Gasteiger partial charge on any atom is -0.352 e. The fourth-order valence-electron chi connectivity index (χ4n) is 3.24. The lowest BCUT2D eigenvalue weighted by atomic mass is 10.0. The van der Waals surface area contributed by atoms with Crippen LogP contribution in [-0.2, 0) is 12.8 Å². The molecule has 130 valence electrons. The molecule has 0 aliphatic rings. The standard InChI is InChI=1S/C20H24N4O/c1-4-17-18(24-12-13(2)11-14(3)19(24)23-17)16-7-5-15(6-8-16)9-10-22-20(21)25/h5-8,11-12H,4,9-10H2,1-3H3,(H3,21,22,25). The number of aromatic nitrogens is 2. The number of pyridine rings is 1. The van der Waals surface area contributed by atoms with Gasteiger partial charge in [-0.2, -0.15) is 0 Å². The number of fused-ring (bicyclic) bond motifs is 1. The summed E-state index contributed by atoms with van der Waals surface area (Å²) >= 11 is 0. The minimum atomic E-state index is -0.485. The highest BCUT2D eigenvalue weighted by Gasteiger charge is 2.14. The average Bonchev–Trinajstić information content (AvgIpc) is 2.94. The van der Waals surface area contributed by atoms with Gasteiger partial charge in [-0.05, 0) is 43.4 Å². The lowest BCUT2D eigenvalue weighted by Gasteiger charge is -2.08. The molecule has 0 bridgehead atoms. The Kier molecular flexibility index (Phi) is 4.74. The van der Waals surface area contributed by atoms with E-state index in [1.807, 2.05) is 0 Å². The van der Waals surface area contributed by atoms with Crippen molar-refractivity contribution in [2.45, 2.75) is 33.6 Å². The summed E-state index contributed by atoms with van der Waals surface area (Å²) in [6.07, 6.45) is 3.80. The zero-order valence-electron chi connectivity index (χ0n) is 15.0. The summed E-state index contributed by atoms with van der Waals surface area (Å²) in [5.74, 6) is 0. The summed E-state index contributed by atoms with van der Waals surface area (Å²) in [6, 6.07) is 10.1. The Hall–Kier alpha value is -2.82. The maximum Gasteiger partial charge on any atom is 0.312 e. The number of nitrogens with two attached hydrogens (primary N) is 1. The molecule has 0 aliphatic heterocycles. The first kappa shape index (κ1) is 17.0. The van der Waals surface area contributed by atoms with E-state index < -0.39 is 6.03 Å². The van der Waals surface area contributed by atoms with E-state index in [1.54, 1.807) is 0 Å². The van der Waals surface area contributed by atoms with Crippen LogP contribution in [0.2, 0.25) is 0 Å². The maximum absolute atomic E-state index is 10.8. The Bertz CT molecular complexity index is 910. The summed E-state index contributed by atoms with van der Waals surface area (Å²) in [5.41, 5.74) is 13.1. The predicted molar refractivity (Wildman–Crippen MR) is 101 cm³/mol. The van der Waals surface area contributed by atoms with E-state index >= 15 is 0 Å². The van der Waals surface area contributed by atoms with Gasteiger partial charge in [0, 0.05) is 18.3 Å². The molecule has 0 fully saturated rings. The Labute approximate surface area is 147 Å². The summed E-state index contributed by atoms with van der Waals surface area (Å²) in [4.78, 5) is 15.6. The molecule has 0 atom stereocenters. The topological polar surface area (TPSA) is 72.4 Å². The van der Waals surface area contributed by atoms with Crippen molar-refractivity contribution in [3.63, 3.8) is 0 Å². The third-order valence-corrected chi connectivity index (χ3v) is 4.39. The number of nitrogens with zero attached hydrogens (tertiary/aromatic N) is 2. The van der Waals surface area contributed by atoms with Crippen LogP contribution in [0.4, 0.5) is 4.79 Å². The SMILES string of the molecule is CCc1nc2c(C)cc(C)cn2c1-c1ccc(CCNC(N)=O)cc1. The molecule has 3 rings (SSSR count). The molecule has 0 aliphatic carbocycles.